The van der Waals surface area contributed by atoms with Crippen LogP contribution >= 0.6 is 11.3 Å². The summed E-state index contributed by atoms with van der Waals surface area (Å²) in [6.07, 6.45) is 7.00. The molecular weight excluding hydrogens is 335 g/mol. The van der Waals surface area contributed by atoms with Crippen molar-refractivity contribution in [1.82, 2.24) is 9.97 Å². The molecule has 4 rings (SSSR count). The Bertz CT molecular complexity index is 901. The van der Waals surface area contributed by atoms with Crippen LogP contribution in [0.5, 0.6) is 0 Å². The molecule has 25 heavy (non-hydrogen) atoms. The van der Waals surface area contributed by atoms with Crippen LogP contribution in [0.1, 0.15) is 37.8 Å². The van der Waals surface area contributed by atoms with Crippen LogP contribution in [0.2, 0.25) is 0 Å². The first kappa shape index (κ1) is 16.3. The fraction of sp³-hybridized carbons (Fsp3) is 0.350. The van der Waals surface area contributed by atoms with Gasteiger partial charge in [0.05, 0.1) is 16.8 Å². The number of thiazole rings is 1. The van der Waals surface area contributed by atoms with E-state index in [1.165, 1.54) is 0 Å². The second kappa shape index (κ2) is 6.64. The number of alkyl halides is 1. The van der Waals surface area contributed by atoms with Crippen LogP contribution in [-0.2, 0) is 11.2 Å². The molecule has 5 heteroatoms. The second-order valence-electron chi connectivity index (χ2n) is 6.73. The average molecular weight is 354 g/mol. The first-order valence-corrected chi connectivity index (χ1v) is 9.52. The number of rotatable bonds is 4. The molecule has 0 amide bonds. The van der Waals surface area contributed by atoms with Crippen LogP contribution in [0.25, 0.3) is 21.2 Å². The topological polar surface area (TPSA) is 42.9 Å². The van der Waals surface area contributed by atoms with Crippen molar-refractivity contribution in [3.63, 3.8) is 0 Å². The molecule has 0 spiro atoms. The molecule has 2 heterocycles. The monoisotopic (exact) mass is 354 g/mol. The molecule has 0 aliphatic heterocycles. The highest BCUT2D eigenvalue weighted by atomic mass is 32.1. The predicted octanol–water partition coefficient (Wildman–Crippen LogP) is 5.14. The van der Waals surface area contributed by atoms with Gasteiger partial charge in [-0.1, -0.05) is 18.6 Å². The minimum Gasteiger partial charge on any atom is -0.296 e. The summed E-state index contributed by atoms with van der Waals surface area (Å²) in [4.78, 5) is 22.0. The summed E-state index contributed by atoms with van der Waals surface area (Å²) in [5, 5.41) is 2.03. The molecule has 1 saturated carbocycles. The van der Waals surface area contributed by atoms with Crippen molar-refractivity contribution >= 4 is 27.9 Å². The van der Waals surface area contributed by atoms with Crippen LogP contribution < -0.4 is 0 Å². The summed E-state index contributed by atoms with van der Waals surface area (Å²) >= 11 is 1.59. The molecule has 0 saturated heterocycles. The Kier molecular flexibility index (Phi) is 4.34. The highest BCUT2D eigenvalue weighted by Crippen LogP contribution is 2.34. The van der Waals surface area contributed by atoms with Gasteiger partial charge in [0.1, 0.15) is 0 Å². The minimum absolute atomic E-state index is 0.0667. The third-order valence-corrected chi connectivity index (χ3v) is 5.80. The lowest BCUT2D eigenvalue weighted by Crippen LogP contribution is -2.37. The lowest BCUT2D eigenvalue weighted by Gasteiger charge is -2.27. The van der Waals surface area contributed by atoms with Gasteiger partial charge in [0.25, 0.3) is 0 Å². The number of aromatic nitrogens is 2. The summed E-state index contributed by atoms with van der Waals surface area (Å²) < 4.78 is 14.8. The molecule has 0 radical (unpaired) electrons. The molecule has 2 aromatic heterocycles. The molecular formula is C20H19FN2OS. The summed E-state index contributed by atoms with van der Waals surface area (Å²) in [5.41, 5.74) is 1.88. The molecule has 1 fully saturated rings. The molecule has 0 atom stereocenters. The zero-order valence-electron chi connectivity index (χ0n) is 13.9. The van der Waals surface area contributed by atoms with Crippen LogP contribution in [-0.4, -0.2) is 21.4 Å². The predicted molar refractivity (Wildman–Crippen MR) is 98.5 cm³/mol. The maximum absolute atomic E-state index is 14.8. The third kappa shape index (κ3) is 3.33. The van der Waals surface area contributed by atoms with Crippen LogP contribution in [0.15, 0.2) is 42.2 Å². The van der Waals surface area contributed by atoms with E-state index in [0.29, 0.717) is 18.5 Å². The normalized spacial score (nSPS) is 16.8. The average Bonchev–Trinajstić information content (AvgIpc) is 3.16. The fourth-order valence-corrected chi connectivity index (χ4v) is 4.13. The number of hydrogen-bond donors (Lipinski definition) is 0. The number of Topliss-reactive ketones (excluding diaryl/α,β-unsaturated/α-hetero) is 1. The van der Waals surface area contributed by atoms with E-state index in [9.17, 15) is 9.18 Å². The quantitative estimate of drug-likeness (QED) is 0.651. The smallest absolute Gasteiger partial charge is 0.175 e. The highest BCUT2D eigenvalue weighted by molar-refractivity contribution is 7.13. The Hall–Kier alpha value is -2.14. The van der Waals surface area contributed by atoms with Gasteiger partial charge in [0, 0.05) is 23.5 Å². The van der Waals surface area contributed by atoms with Crippen LogP contribution in [0.4, 0.5) is 4.39 Å². The maximum atomic E-state index is 14.8. The molecule has 0 bridgehead atoms. The summed E-state index contributed by atoms with van der Waals surface area (Å²) in [5.74, 6) is -0.322. The Labute approximate surface area is 149 Å². The standard InChI is InChI=1S/C20H19FN2OS/c21-20(6-2-1-3-7-20)19(24)10-17-9-16-8-14(18-12-22-13-25-18)4-5-15(16)11-23-17/h4-5,8-9,11-13H,1-3,6-7,10H2. The molecule has 3 nitrogen and oxygen atoms in total. The fourth-order valence-electron chi connectivity index (χ4n) is 3.51. The van der Waals surface area contributed by atoms with E-state index in [-0.39, 0.29) is 12.2 Å². The van der Waals surface area contributed by atoms with Crippen molar-refractivity contribution in [2.75, 3.05) is 0 Å². The zero-order valence-corrected chi connectivity index (χ0v) is 14.7. The number of ketones is 1. The molecule has 0 N–H and O–H groups in total. The zero-order chi connectivity index (χ0) is 17.3. The highest BCUT2D eigenvalue weighted by Gasteiger charge is 2.39. The molecule has 1 aromatic carbocycles. The maximum Gasteiger partial charge on any atom is 0.175 e. The van der Waals surface area contributed by atoms with Gasteiger partial charge in [-0.15, -0.1) is 11.3 Å². The van der Waals surface area contributed by atoms with Crippen molar-refractivity contribution < 1.29 is 9.18 Å². The number of pyridine rings is 1. The largest absolute Gasteiger partial charge is 0.296 e. The molecule has 0 unspecified atom stereocenters. The van der Waals surface area contributed by atoms with E-state index in [0.717, 1.165) is 40.5 Å². The van der Waals surface area contributed by atoms with E-state index < -0.39 is 5.67 Å². The SMILES string of the molecule is O=C(Cc1cc2cc(-c3cncs3)ccc2cn1)C1(F)CCCCC1. The van der Waals surface area contributed by atoms with Crippen molar-refractivity contribution in [3.05, 3.63) is 47.9 Å². The van der Waals surface area contributed by atoms with Gasteiger partial charge in [-0.3, -0.25) is 14.8 Å². The van der Waals surface area contributed by atoms with E-state index in [4.69, 9.17) is 0 Å². The molecule has 1 aliphatic carbocycles. The molecule has 1 aliphatic rings. The Balaban J connectivity index is 1.60. The Morgan fingerprint density at radius 1 is 1.12 bits per heavy atom. The minimum atomic E-state index is -1.65. The number of fused-ring (bicyclic) bond motifs is 1. The van der Waals surface area contributed by atoms with E-state index in [1.54, 1.807) is 23.0 Å². The molecule has 128 valence electrons. The third-order valence-electron chi connectivity index (χ3n) is 4.98. The van der Waals surface area contributed by atoms with Gasteiger partial charge in [-0.2, -0.15) is 0 Å². The number of nitrogens with zero attached hydrogens (tertiary/aromatic N) is 2. The number of carbonyl (C=O) groups excluding carboxylic acids is 1. The van der Waals surface area contributed by atoms with Gasteiger partial charge in [0.15, 0.2) is 11.5 Å². The van der Waals surface area contributed by atoms with Crippen molar-refractivity contribution in [1.29, 1.82) is 0 Å². The lowest BCUT2D eigenvalue weighted by molar-refractivity contribution is -0.132. The van der Waals surface area contributed by atoms with Gasteiger partial charge >= 0.3 is 0 Å². The Morgan fingerprint density at radius 3 is 2.72 bits per heavy atom. The van der Waals surface area contributed by atoms with Gasteiger partial charge in [-0.25, -0.2) is 4.39 Å². The second-order valence-corrected chi connectivity index (χ2v) is 7.62. The first-order chi connectivity index (χ1) is 12.1. The van der Waals surface area contributed by atoms with Crippen LogP contribution in [0, 0.1) is 0 Å². The number of hydrogen-bond acceptors (Lipinski definition) is 4. The number of benzene rings is 1. The van der Waals surface area contributed by atoms with Crippen molar-refractivity contribution in [3.8, 4) is 10.4 Å². The van der Waals surface area contributed by atoms with Crippen molar-refractivity contribution in [2.45, 2.75) is 44.2 Å². The van der Waals surface area contributed by atoms with Gasteiger partial charge < -0.3 is 0 Å². The summed E-state index contributed by atoms with van der Waals surface area (Å²) in [7, 11) is 0. The molecule has 3 aromatic rings. The van der Waals surface area contributed by atoms with E-state index >= 15 is 0 Å². The summed E-state index contributed by atoms with van der Waals surface area (Å²) in [6.45, 7) is 0. The van der Waals surface area contributed by atoms with Crippen molar-refractivity contribution in [2.24, 2.45) is 0 Å². The van der Waals surface area contributed by atoms with Gasteiger partial charge in [0.2, 0.25) is 0 Å². The lowest BCUT2D eigenvalue weighted by atomic mass is 9.82. The number of halogens is 1. The summed E-state index contributed by atoms with van der Waals surface area (Å²) in [6, 6.07) is 8.04. The first-order valence-electron chi connectivity index (χ1n) is 8.64. The van der Waals surface area contributed by atoms with Gasteiger partial charge in [-0.05, 0) is 48.8 Å². The van der Waals surface area contributed by atoms with E-state index in [1.807, 2.05) is 24.4 Å². The number of carbonyl (C=O) groups is 1. The Morgan fingerprint density at radius 2 is 1.96 bits per heavy atom. The van der Waals surface area contributed by atoms with E-state index in [2.05, 4.69) is 16.0 Å². The van der Waals surface area contributed by atoms with Crippen LogP contribution in [0.3, 0.4) is 0 Å².